The van der Waals surface area contributed by atoms with Gasteiger partial charge in [-0.25, -0.2) is 0 Å². The number of carbonyl (C=O) groups is 1. The molecule has 0 saturated heterocycles. The SMILES string of the molecule is C[C@@H]1c2ccccc2SCc2cccc(CCc3cc(=O)c(O)c4n3NCN([C@H](C)C(F)(F)F)C4=O)c21. The predicted molar refractivity (Wildman–Crippen MR) is 136 cm³/mol. The Bertz CT molecular complexity index is 1440. The molecule has 0 aliphatic carbocycles. The molecule has 0 spiro atoms. The van der Waals surface area contributed by atoms with Crippen LogP contribution in [0, 0.1) is 0 Å². The van der Waals surface area contributed by atoms with Crippen LogP contribution in [0.5, 0.6) is 5.75 Å². The van der Waals surface area contributed by atoms with E-state index in [1.807, 2.05) is 18.2 Å². The molecule has 2 aliphatic heterocycles. The van der Waals surface area contributed by atoms with Crippen molar-refractivity contribution in [3.05, 3.63) is 92.4 Å². The normalized spacial score (nSPS) is 17.8. The fourth-order valence-electron chi connectivity index (χ4n) is 5.17. The van der Waals surface area contributed by atoms with Gasteiger partial charge >= 0.3 is 6.18 Å². The molecular formula is C27H26F3N3O3S. The van der Waals surface area contributed by atoms with Crippen molar-refractivity contribution in [2.24, 2.45) is 0 Å². The first-order chi connectivity index (χ1) is 17.6. The van der Waals surface area contributed by atoms with Gasteiger partial charge < -0.3 is 15.4 Å². The number of aromatic hydroxyl groups is 1. The van der Waals surface area contributed by atoms with Gasteiger partial charge in [0, 0.05) is 28.3 Å². The summed E-state index contributed by atoms with van der Waals surface area (Å²) in [5.74, 6) is -0.917. The van der Waals surface area contributed by atoms with Crippen LogP contribution in [0.1, 0.15) is 58.2 Å². The van der Waals surface area contributed by atoms with Crippen LogP contribution in [0.4, 0.5) is 13.2 Å². The van der Waals surface area contributed by atoms with Crippen LogP contribution in [0.25, 0.3) is 0 Å². The fourth-order valence-corrected chi connectivity index (χ4v) is 6.31. The summed E-state index contributed by atoms with van der Waals surface area (Å²) in [7, 11) is 0. The lowest BCUT2D eigenvalue weighted by Crippen LogP contribution is -2.55. The highest BCUT2D eigenvalue weighted by Gasteiger charge is 2.45. The Kier molecular flexibility index (Phi) is 6.47. The lowest BCUT2D eigenvalue weighted by molar-refractivity contribution is -0.172. The van der Waals surface area contributed by atoms with E-state index in [1.54, 1.807) is 11.8 Å². The molecule has 0 radical (unpaired) electrons. The van der Waals surface area contributed by atoms with Crippen molar-refractivity contribution in [1.29, 1.82) is 0 Å². The summed E-state index contributed by atoms with van der Waals surface area (Å²) < 4.78 is 41.1. The minimum atomic E-state index is -4.65. The van der Waals surface area contributed by atoms with Crippen molar-refractivity contribution in [2.45, 2.75) is 55.5 Å². The summed E-state index contributed by atoms with van der Waals surface area (Å²) in [6.07, 6.45) is -3.76. The molecular weight excluding hydrogens is 503 g/mol. The molecule has 2 atom stereocenters. The highest BCUT2D eigenvalue weighted by Crippen LogP contribution is 2.42. The summed E-state index contributed by atoms with van der Waals surface area (Å²) >= 11 is 1.80. The van der Waals surface area contributed by atoms with E-state index >= 15 is 0 Å². The van der Waals surface area contributed by atoms with Crippen molar-refractivity contribution in [3.8, 4) is 5.75 Å². The summed E-state index contributed by atoms with van der Waals surface area (Å²) in [5, 5.41) is 10.3. The van der Waals surface area contributed by atoms with E-state index in [9.17, 15) is 27.9 Å². The second-order valence-electron chi connectivity index (χ2n) is 9.38. The van der Waals surface area contributed by atoms with Crippen molar-refractivity contribution < 1.29 is 23.1 Å². The molecule has 0 unspecified atom stereocenters. The van der Waals surface area contributed by atoms with Gasteiger partial charge in [-0.15, -0.1) is 11.8 Å². The van der Waals surface area contributed by atoms with Gasteiger partial charge in [0.15, 0.2) is 11.4 Å². The number of nitrogens with zero attached hydrogens (tertiary/aromatic N) is 2. The van der Waals surface area contributed by atoms with Gasteiger partial charge in [0.25, 0.3) is 5.91 Å². The molecule has 0 bridgehead atoms. The number of hydrogen-bond donors (Lipinski definition) is 2. The molecule has 6 nitrogen and oxygen atoms in total. The Balaban J connectivity index is 1.48. The van der Waals surface area contributed by atoms with Crippen LogP contribution < -0.4 is 10.9 Å². The number of benzene rings is 2. The number of alkyl halides is 3. The maximum absolute atomic E-state index is 13.3. The van der Waals surface area contributed by atoms with Crippen molar-refractivity contribution in [2.75, 3.05) is 12.1 Å². The van der Waals surface area contributed by atoms with Gasteiger partial charge in [0.1, 0.15) is 12.7 Å². The molecule has 1 aromatic heterocycles. The molecule has 194 valence electrons. The lowest BCUT2D eigenvalue weighted by Gasteiger charge is -2.37. The Morgan fingerprint density at radius 2 is 1.89 bits per heavy atom. The average Bonchev–Trinajstić information content (AvgIpc) is 3.01. The third-order valence-electron chi connectivity index (χ3n) is 7.21. The number of halogens is 3. The van der Waals surface area contributed by atoms with Crippen molar-refractivity contribution in [3.63, 3.8) is 0 Å². The van der Waals surface area contributed by atoms with Gasteiger partial charge in [-0.05, 0) is 48.1 Å². The number of nitrogens with one attached hydrogen (secondary N) is 1. The van der Waals surface area contributed by atoms with E-state index in [2.05, 4.69) is 36.6 Å². The number of aryl methyl sites for hydroxylation is 2. The largest absolute Gasteiger partial charge is 0.502 e. The molecule has 3 aromatic rings. The number of carbonyl (C=O) groups excluding carboxylic acids is 1. The van der Waals surface area contributed by atoms with Crippen LogP contribution in [0.2, 0.25) is 0 Å². The van der Waals surface area contributed by atoms with Gasteiger partial charge in [-0.1, -0.05) is 43.3 Å². The molecule has 2 N–H and O–H groups in total. The topological polar surface area (TPSA) is 74.6 Å². The number of fused-ring (bicyclic) bond motifs is 3. The van der Waals surface area contributed by atoms with E-state index in [1.165, 1.54) is 32.3 Å². The van der Waals surface area contributed by atoms with Crippen LogP contribution in [-0.4, -0.2) is 39.5 Å². The summed E-state index contributed by atoms with van der Waals surface area (Å²) in [4.78, 5) is 27.3. The third-order valence-corrected chi connectivity index (χ3v) is 8.35. The molecule has 2 aromatic carbocycles. The number of thioether (sulfide) groups is 1. The van der Waals surface area contributed by atoms with E-state index < -0.39 is 41.7 Å². The van der Waals surface area contributed by atoms with E-state index in [0.29, 0.717) is 23.4 Å². The highest BCUT2D eigenvalue weighted by atomic mass is 32.2. The smallest absolute Gasteiger partial charge is 0.408 e. The summed E-state index contributed by atoms with van der Waals surface area (Å²) in [6, 6.07) is 13.7. The minimum absolute atomic E-state index is 0.158. The van der Waals surface area contributed by atoms with Crippen molar-refractivity contribution in [1.82, 2.24) is 9.58 Å². The standard InChI is InChI=1S/C27H26F3N3O3S/c1-15-20-8-3-4-9-22(20)37-13-18-7-5-6-17(23(15)18)10-11-19-12-21(34)25(35)24-26(36)32(14-31-33(19)24)16(2)27(28,29)30/h3-9,12,15-16,31,35H,10-11,13-14H2,1-2H3/t15-,16-/m1/s1. The van der Waals surface area contributed by atoms with Crippen LogP contribution >= 0.6 is 11.8 Å². The highest BCUT2D eigenvalue weighted by molar-refractivity contribution is 7.98. The predicted octanol–water partition coefficient (Wildman–Crippen LogP) is 5.00. The van der Waals surface area contributed by atoms with E-state index in [0.717, 1.165) is 18.2 Å². The number of hydrogen-bond acceptors (Lipinski definition) is 5. The maximum atomic E-state index is 13.3. The first-order valence-corrected chi connectivity index (χ1v) is 13.0. The van der Waals surface area contributed by atoms with Crippen LogP contribution in [-0.2, 0) is 18.6 Å². The monoisotopic (exact) mass is 529 g/mol. The fraction of sp³-hybridized carbons (Fsp3) is 0.333. The minimum Gasteiger partial charge on any atom is -0.502 e. The van der Waals surface area contributed by atoms with Crippen LogP contribution in [0.3, 0.4) is 0 Å². The lowest BCUT2D eigenvalue weighted by atomic mass is 9.85. The number of rotatable bonds is 4. The Morgan fingerprint density at radius 3 is 2.65 bits per heavy atom. The van der Waals surface area contributed by atoms with Crippen molar-refractivity contribution >= 4 is 17.7 Å². The number of pyridine rings is 1. The molecule has 2 aliphatic rings. The van der Waals surface area contributed by atoms with E-state index in [-0.39, 0.29) is 5.92 Å². The molecule has 0 fully saturated rings. The zero-order valence-electron chi connectivity index (χ0n) is 20.3. The number of amides is 1. The van der Waals surface area contributed by atoms with E-state index in [4.69, 9.17) is 0 Å². The van der Waals surface area contributed by atoms with Crippen LogP contribution in [0.15, 0.2) is 58.2 Å². The molecule has 37 heavy (non-hydrogen) atoms. The summed E-state index contributed by atoms with van der Waals surface area (Å²) in [6.45, 7) is 2.64. The molecule has 3 heterocycles. The van der Waals surface area contributed by atoms with Gasteiger partial charge in [-0.2, -0.15) is 13.2 Å². The van der Waals surface area contributed by atoms with Gasteiger partial charge in [0.05, 0.1) is 0 Å². The molecule has 10 heteroatoms. The quantitative estimate of drug-likeness (QED) is 0.498. The second-order valence-corrected chi connectivity index (χ2v) is 10.4. The Labute approximate surface area is 216 Å². The van der Waals surface area contributed by atoms with Gasteiger partial charge in [0.2, 0.25) is 5.43 Å². The molecule has 1 amide bonds. The molecule has 0 saturated carbocycles. The average molecular weight is 530 g/mol. The van der Waals surface area contributed by atoms with Gasteiger partial charge in [-0.3, -0.25) is 14.3 Å². The number of aromatic nitrogens is 1. The first kappa shape index (κ1) is 25.3. The zero-order chi connectivity index (χ0) is 26.5. The third kappa shape index (κ3) is 4.47. The molecule has 5 rings (SSSR count). The zero-order valence-corrected chi connectivity index (χ0v) is 21.1. The Hall–Kier alpha value is -3.40. The Morgan fingerprint density at radius 1 is 1.14 bits per heavy atom. The first-order valence-electron chi connectivity index (χ1n) is 12.0. The maximum Gasteiger partial charge on any atom is 0.408 e. The second kappa shape index (κ2) is 9.48. The summed E-state index contributed by atoms with van der Waals surface area (Å²) in [5.41, 5.74) is 6.74.